The lowest BCUT2D eigenvalue weighted by Crippen LogP contribution is -2.44. The van der Waals surface area contributed by atoms with E-state index < -0.39 is 6.04 Å². The van der Waals surface area contributed by atoms with Gasteiger partial charge in [-0.1, -0.05) is 11.6 Å². The molecule has 1 unspecified atom stereocenters. The summed E-state index contributed by atoms with van der Waals surface area (Å²) in [5.41, 5.74) is 6.89. The second-order valence-electron chi connectivity index (χ2n) is 5.24. The Bertz CT molecular complexity index is 559. The zero-order chi connectivity index (χ0) is 16.1. The number of carbonyl (C=O) groups excluding carboxylic acids is 2. The Hall–Kier alpha value is -1.63. The van der Waals surface area contributed by atoms with Crippen molar-refractivity contribution < 1.29 is 14.3 Å². The van der Waals surface area contributed by atoms with E-state index in [9.17, 15) is 9.59 Å². The van der Waals surface area contributed by atoms with Crippen LogP contribution in [0.15, 0.2) is 18.2 Å². The van der Waals surface area contributed by atoms with Crippen LogP contribution in [0, 0.1) is 5.92 Å². The molecule has 2 amide bonds. The predicted molar refractivity (Wildman–Crippen MR) is 85.0 cm³/mol. The van der Waals surface area contributed by atoms with E-state index in [0.29, 0.717) is 24.5 Å². The van der Waals surface area contributed by atoms with Crippen molar-refractivity contribution in [3.05, 3.63) is 28.8 Å². The second kappa shape index (κ2) is 7.58. The summed E-state index contributed by atoms with van der Waals surface area (Å²) >= 11 is 6.05. The molecule has 0 spiro atoms. The summed E-state index contributed by atoms with van der Waals surface area (Å²) in [5.74, 6) is -0.410. The summed E-state index contributed by atoms with van der Waals surface area (Å²) < 4.78 is 5.27. The molecule has 1 aromatic carbocycles. The number of benzene rings is 1. The van der Waals surface area contributed by atoms with Crippen LogP contribution in [0.25, 0.3) is 0 Å². The number of ether oxygens (including phenoxy) is 1. The Morgan fingerprint density at radius 1 is 1.36 bits per heavy atom. The van der Waals surface area contributed by atoms with Gasteiger partial charge in [-0.2, -0.15) is 0 Å². The Morgan fingerprint density at radius 3 is 2.64 bits per heavy atom. The summed E-state index contributed by atoms with van der Waals surface area (Å²) in [6, 6.07) is 4.16. The van der Waals surface area contributed by atoms with Gasteiger partial charge in [0.1, 0.15) is 0 Å². The van der Waals surface area contributed by atoms with Crippen molar-refractivity contribution in [2.24, 2.45) is 11.7 Å². The highest BCUT2D eigenvalue weighted by atomic mass is 35.5. The van der Waals surface area contributed by atoms with Gasteiger partial charge in [0.05, 0.1) is 16.6 Å². The van der Waals surface area contributed by atoms with Crippen LogP contribution in [-0.2, 0) is 9.53 Å². The van der Waals surface area contributed by atoms with Crippen LogP contribution in [0.3, 0.4) is 0 Å². The fourth-order valence-electron chi connectivity index (χ4n) is 2.43. The van der Waals surface area contributed by atoms with Crippen LogP contribution < -0.4 is 16.4 Å². The van der Waals surface area contributed by atoms with E-state index in [1.807, 2.05) is 0 Å². The van der Waals surface area contributed by atoms with Gasteiger partial charge in [-0.05, 0) is 37.0 Å². The number of anilines is 1. The smallest absolute Gasteiger partial charge is 0.252 e. The van der Waals surface area contributed by atoms with E-state index in [1.54, 1.807) is 18.2 Å². The predicted octanol–water partition coefficient (Wildman–Crippen LogP) is 1.39. The molecule has 1 fully saturated rings. The maximum Gasteiger partial charge on any atom is 0.252 e. The Labute approximate surface area is 134 Å². The highest BCUT2D eigenvalue weighted by molar-refractivity contribution is 6.34. The van der Waals surface area contributed by atoms with Crippen molar-refractivity contribution in [2.75, 3.05) is 25.6 Å². The van der Waals surface area contributed by atoms with Gasteiger partial charge in [0, 0.05) is 25.9 Å². The first-order chi connectivity index (χ1) is 10.5. The molecule has 0 radical (unpaired) electrons. The lowest BCUT2D eigenvalue weighted by molar-refractivity contribution is -0.119. The third kappa shape index (κ3) is 3.97. The van der Waals surface area contributed by atoms with Gasteiger partial charge in [0.25, 0.3) is 5.91 Å². The van der Waals surface area contributed by atoms with E-state index in [1.165, 1.54) is 7.05 Å². The van der Waals surface area contributed by atoms with E-state index in [2.05, 4.69) is 10.6 Å². The fraction of sp³-hybridized carbons (Fsp3) is 0.467. The minimum absolute atomic E-state index is 0.120. The summed E-state index contributed by atoms with van der Waals surface area (Å²) in [7, 11) is 1.53. The van der Waals surface area contributed by atoms with Crippen molar-refractivity contribution in [3.8, 4) is 0 Å². The molecule has 4 N–H and O–H groups in total. The maximum absolute atomic E-state index is 12.2. The van der Waals surface area contributed by atoms with Gasteiger partial charge in [0.2, 0.25) is 5.91 Å². The molecule has 120 valence electrons. The number of hydrogen-bond donors (Lipinski definition) is 3. The Morgan fingerprint density at radius 2 is 2.05 bits per heavy atom. The molecule has 0 bridgehead atoms. The number of nitrogens with two attached hydrogens (primary N) is 1. The maximum atomic E-state index is 12.2. The first-order valence-electron chi connectivity index (χ1n) is 7.18. The van der Waals surface area contributed by atoms with Gasteiger partial charge < -0.3 is 21.1 Å². The van der Waals surface area contributed by atoms with Crippen LogP contribution in [0.4, 0.5) is 5.69 Å². The highest BCUT2D eigenvalue weighted by Gasteiger charge is 2.26. The number of hydrogen-bond acceptors (Lipinski definition) is 4. The molecule has 7 heteroatoms. The molecule has 0 aliphatic carbocycles. The fourth-order valence-corrected chi connectivity index (χ4v) is 2.69. The van der Waals surface area contributed by atoms with Crippen molar-refractivity contribution in [2.45, 2.75) is 18.9 Å². The molecule has 2 rings (SSSR count). The van der Waals surface area contributed by atoms with Gasteiger partial charge in [0.15, 0.2) is 0 Å². The number of carbonyl (C=O) groups is 2. The van der Waals surface area contributed by atoms with Gasteiger partial charge in [-0.3, -0.25) is 9.59 Å². The minimum Gasteiger partial charge on any atom is -0.381 e. The molecule has 1 atom stereocenters. The molecule has 22 heavy (non-hydrogen) atoms. The average Bonchev–Trinajstić information content (AvgIpc) is 2.54. The zero-order valence-corrected chi connectivity index (χ0v) is 13.2. The third-order valence-electron chi connectivity index (χ3n) is 3.78. The standard InChI is InChI=1S/C15H20ClN3O3/c1-18-14(20)11-3-2-10(8-12(11)16)19-15(21)13(17)9-4-6-22-7-5-9/h2-3,8-9,13H,4-7,17H2,1H3,(H,18,20)(H,19,21). The van der Waals surface area contributed by atoms with Gasteiger partial charge >= 0.3 is 0 Å². The number of halogens is 1. The lowest BCUT2D eigenvalue weighted by Gasteiger charge is -2.26. The molecular formula is C15H20ClN3O3. The quantitative estimate of drug-likeness (QED) is 0.780. The summed E-state index contributed by atoms with van der Waals surface area (Å²) in [6.45, 7) is 1.27. The molecule has 1 aromatic rings. The second-order valence-corrected chi connectivity index (χ2v) is 5.65. The third-order valence-corrected chi connectivity index (χ3v) is 4.10. The largest absolute Gasteiger partial charge is 0.381 e. The van der Waals surface area contributed by atoms with E-state index in [0.717, 1.165) is 12.8 Å². The number of amides is 2. The van der Waals surface area contributed by atoms with Crippen LogP contribution in [0.2, 0.25) is 5.02 Å². The monoisotopic (exact) mass is 325 g/mol. The summed E-state index contributed by atoms with van der Waals surface area (Å²) in [4.78, 5) is 23.8. The topological polar surface area (TPSA) is 93.5 Å². The first-order valence-corrected chi connectivity index (χ1v) is 7.56. The molecule has 1 saturated heterocycles. The van der Waals surface area contributed by atoms with Gasteiger partial charge in [-0.25, -0.2) is 0 Å². The van der Waals surface area contributed by atoms with Crippen LogP contribution in [0.1, 0.15) is 23.2 Å². The molecule has 1 aliphatic heterocycles. The highest BCUT2D eigenvalue weighted by Crippen LogP contribution is 2.22. The Kier molecular flexibility index (Phi) is 5.76. The molecule has 1 heterocycles. The van der Waals surface area contributed by atoms with Crippen LogP contribution in [0.5, 0.6) is 0 Å². The molecule has 6 nitrogen and oxygen atoms in total. The molecular weight excluding hydrogens is 306 g/mol. The average molecular weight is 326 g/mol. The van der Waals surface area contributed by atoms with Gasteiger partial charge in [-0.15, -0.1) is 0 Å². The van der Waals surface area contributed by atoms with E-state index >= 15 is 0 Å². The number of rotatable bonds is 4. The van der Waals surface area contributed by atoms with Crippen LogP contribution >= 0.6 is 11.6 Å². The van der Waals surface area contributed by atoms with E-state index in [4.69, 9.17) is 22.1 Å². The van der Waals surface area contributed by atoms with Crippen LogP contribution in [-0.4, -0.2) is 38.1 Å². The first kappa shape index (κ1) is 16.7. The SMILES string of the molecule is CNC(=O)c1ccc(NC(=O)C(N)C2CCOCC2)cc1Cl. The molecule has 0 saturated carbocycles. The van der Waals surface area contributed by atoms with Crippen molar-refractivity contribution >= 4 is 29.1 Å². The molecule has 0 aromatic heterocycles. The number of nitrogens with one attached hydrogen (secondary N) is 2. The normalized spacial score (nSPS) is 16.9. The lowest BCUT2D eigenvalue weighted by atomic mass is 9.92. The van der Waals surface area contributed by atoms with Crippen molar-refractivity contribution in [3.63, 3.8) is 0 Å². The summed E-state index contributed by atoms with van der Waals surface area (Å²) in [5, 5.41) is 5.52. The Balaban J connectivity index is 2.02. The van der Waals surface area contributed by atoms with E-state index in [-0.39, 0.29) is 22.8 Å². The van der Waals surface area contributed by atoms with Crippen molar-refractivity contribution in [1.82, 2.24) is 5.32 Å². The minimum atomic E-state index is -0.582. The summed E-state index contributed by atoms with van der Waals surface area (Å²) in [6.07, 6.45) is 1.57. The van der Waals surface area contributed by atoms with Crippen molar-refractivity contribution in [1.29, 1.82) is 0 Å². The molecule has 1 aliphatic rings. The zero-order valence-electron chi connectivity index (χ0n) is 12.4.